The number of rotatable bonds is 4. The summed E-state index contributed by atoms with van der Waals surface area (Å²) >= 11 is 1.28. The number of amides is 1. The summed E-state index contributed by atoms with van der Waals surface area (Å²) in [4.78, 5) is 40.4. The van der Waals surface area contributed by atoms with E-state index in [-0.39, 0.29) is 24.6 Å². The van der Waals surface area contributed by atoms with Gasteiger partial charge in [0.25, 0.3) is 5.56 Å². The molecule has 1 atom stereocenters. The molecule has 0 aliphatic carbocycles. The molecule has 7 nitrogen and oxygen atoms in total. The van der Waals surface area contributed by atoms with Crippen LogP contribution in [0, 0.1) is 5.92 Å². The Balaban J connectivity index is 1.73. The fraction of sp³-hybridized carbons (Fsp3) is 0.421. The van der Waals surface area contributed by atoms with E-state index in [1.54, 1.807) is 23.6 Å². The van der Waals surface area contributed by atoms with Crippen LogP contribution in [0.4, 0.5) is 0 Å². The van der Waals surface area contributed by atoms with Crippen LogP contribution in [0.25, 0.3) is 10.2 Å². The van der Waals surface area contributed by atoms with Crippen molar-refractivity contribution in [2.45, 2.75) is 32.9 Å². The molecule has 1 saturated heterocycles. The van der Waals surface area contributed by atoms with Crippen LogP contribution in [0.15, 0.2) is 43.8 Å². The van der Waals surface area contributed by atoms with E-state index in [4.69, 9.17) is 4.42 Å². The third-order valence-electron chi connectivity index (χ3n) is 5.03. The van der Waals surface area contributed by atoms with E-state index < -0.39 is 5.69 Å². The van der Waals surface area contributed by atoms with Crippen molar-refractivity contribution in [2.75, 3.05) is 13.1 Å². The average Bonchev–Trinajstić information content (AvgIpc) is 3.34. The Morgan fingerprint density at radius 3 is 2.89 bits per heavy atom. The maximum atomic E-state index is 13.0. The normalized spacial score (nSPS) is 17.5. The van der Waals surface area contributed by atoms with Crippen molar-refractivity contribution < 1.29 is 9.21 Å². The molecule has 0 bridgehead atoms. The van der Waals surface area contributed by atoms with E-state index in [9.17, 15) is 14.4 Å². The third kappa shape index (κ3) is 3.37. The van der Waals surface area contributed by atoms with Crippen molar-refractivity contribution in [3.63, 3.8) is 0 Å². The molecule has 3 aromatic heterocycles. The molecule has 4 heterocycles. The molecule has 1 amide bonds. The van der Waals surface area contributed by atoms with Gasteiger partial charge in [-0.3, -0.25) is 18.7 Å². The minimum atomic E-state index is -0.485. The van der Waals surface area contributed by atoms with Crippen LogP contribution in [0.2, 0.25) is 0 Å². The highest BCUT2D eigenvalue weighted by Crippen LogP contribution is 2.18. The van der Waals surface area contributed by atoms with E-state index in [0.29, 0.717) is 28.4 Å². The predicted octanol–water partition coefficient (Wildman–Crippen LogP) is 2.12. The molecule has 0 spiro atoms. The second-order valence-corrected chi connectivity index (χ2v) is 7.98. The zero-order valence-electron chi connectivity index (χ0n) is 15.1. The smallest absolute Gasteiger partial charge is 0.332 e. The molecular formula is C19H21N3O4S. The Bertz CT molecular complexity index is 1080. The molecule has 142 valence electrons. The summed E-state index contributed by atoms with van der Waals surface area (Å²) in [5.41, 5.74) is -0.318. The van der Waals surface area contributed by atoms with Gasteiger partial charge >= 0.3 is 5.69 Å². The first kappa shape index (κ1) is 17.8. The number of furan rings is 1. The van der Waals surface area contributed by atoms with E-state index >= 15 is 0 Å². The van der Waals surface area contributed by atoms with Gasteiger partial charge < -0.3 is 9.32 Å². The van der Waals surface area contributed by atoms with E-state index in [1.165, 1.54) is 22.2 Å². The molecule has 0 N–H and O–H groups in total. The van der Waals surface area contributed by atoms with Gasteiger partial charge in [-0.1, -0.05) is 6.92 Å². The molecule has 3 aromatic rings. The molecule has 1 aliphatic rings. The Kier molecular flexibility index (Phi) is 4.73. The lowest BCUT2D eigenvalue weighted by molar-refractivity contribution is -0.133. The molecule has 0 unspecified atom stereocenters. The molecule has 0 aromatic carbocycles. The van der Waals surface area contributed by atoms with Gasteiger partial charge in [0, 0.05) is 13.1 Å². The Hall–Kier alpha value is -2.61. The van der Waals surface area contributed by atoms with Crippen molar-refractivity contribution in [1.82, 2.24) is 14.0 Å². The SMILES string of the molecule is C[C@H]1CCCN(C(=O)Cn2c(=O)n(Cc3ccco3)c(=O)c3sccc32)C1. The predicted molar refractivity (Wildman–Crippen MR) is 103 cm³/mol. The summed E-state index contributed by atoms with van der Waals surface area (Å²) in [7, 11) is 0. The standard InChI is InChI=1S/C19H21N3O4S/c1-13-4-2-7-20(10-13)16(23)12-21-15-6-9-27-17(15)18(24)22(19(21)25)11-14-5-3-8-26-14/h3,5-6,8-9,13H,2,4,7,10-12H2,1H3/t13-/m0/s1. The number of likely N-dealkylation sites (tertiary alicyclic amines) is 1. The summed E-state index contributed by atoms with van der Waals surface area (Å²) in [5.74, 6) is 0.903. The van der Waals surface area contributed by atoms with Crippen LogP contribution < -0.4 is 11.2 Å². The van der Waals surface area contributed by atoms with Crippen LogP contribution in [0.5, 0.6) is 0 Å². The lowest BCUT2D eigenvalue weighted by Gasteiger charge is -2.31. The van der Waals surface area contributed by atoms with Gasteiger partial charge in [0.2, 0.25) is 5.91 Å². The molecule has 1 fully saturated rings. The first-order valence-electron chi connectivity index (χ1n) is 9.05. The van der Waals surface area contributed by atoms with Gasteiger partial charge in [0.05, 0.1) is 18.3 Å². The van der Waals surface area contributed by atoms with Crippen LogP contribution >= 0.6 is 11.3 Å². The first-order valence-corrected chi connectivity index (χ1v) is 9.93. The van der Waals surface area contributed by atoms with E-state index in [2.05, 4.69) is 6.92 Å². The van der Waals surface area contributed by atoms with Crippen LogP contribution in [0.1, 0.15) is 25.5 Å². The fourth-order valence-corrected chi connectivity index (χ4v) is 4.48. The number of hydrogen-bond donors (Lipinski definition) is 0. The van der Waals surface area contributed by atoms with Gasteiger partial charge in [0.1, 0.15) is 17.0 Å². The summed E-state index contributed by atoms with van der Waals surface area (Å²) < 4.78 is 8.32. The highest BCUT2D eigenvalue weighted by molar-refractivity contribution is 7.17. The number of hydrogen-bond acceptors (Lipinski definition) is 5. The van der Waals surface area contributed by atoms with E-state index in [1.807, 2.05) is 4.90 Å². The molecule has 0 radical (unpaired) electrons. The Labute approximate surface area is 159 Å². The second kappa shape index (κ2) is 7.19. The number of piperidine rings is 1. The van der Waals surface area contributed by atoms with Crippen LogP contribution in [-0.2, 0) is 17.9 Å². The summed E-state index contributed by atoms with van der Waals surface area (Å²) in [6.45, 7) is 3.56. The number of carbonyl (C=O) groups excluding carboxylic acids is 1. The largest absolute Gasteiger partial charge is 0.467 e. The summed E-state index contributed by atoms with van der Waals surface area (Å²) in [6.07, 6.45) is 3.60. The van der Waals surface area contributed by atoms with Crippen LogP contribution in [0.3, 0.4) is 0 Å². The van der Waals surface area contributed by atoms with Gasteiger partial charge in [-0.05, 0) is 42.3 Å². The fourth-order valence-electron chi connectivity index (χ4n) is 3.64. The quantitative estimate of drug-likeness (QED) is 0.687. The van der Waals surface area contributed by atoms with Gasteiger partial charge in [0.15, 0.2) is 0 Å². The van der Waals surface area contributed by atoms with Crippen LogP contribution in [-0.4, -0.2) is 33.0 Å². The number of fused-ring (bicyclic) bond motifs is 1. The summed E-state index contributed by atoms with van der Waals surface area (Å²) in [5, 5.41) is 1.77. The summed E-state index contributed by atoms with van der Waals surface area (Å²) in [6, 6.07) is 5.16. The van der Waals surface area contributed by atoms with Crippen molar-refractivity contribution in [1.29, 1.82) is 0 Å². The lowest BCUT2D eigenvalue weighted by Crippen LogP contribution is -2.45. The highest BCUT2D eigenvalue weighted by Gasteiger charge is 2.23. The maximum Gasteiger partial charge on any atom is 0.332 e. The minimum absolute atomic E-state index is 0.0491. The van der Waals surface area contributed by atoms with E-state index in [0.717, 1.165) is 24.0 Å². The first-order chi connectivity index (χ1) is 13.0. The molecule has 1 aliphatic heterocycles. The maximum absolute atomic E-state index is 13.0. The topological polar surface area (TPSA) is 77.5 Å². The van der Waals surface area contributed by atoms with Crippen molar-refractivity contribution in [3.05, 3.63) is 56.4 Å². The Morgan fingerprint density at radius 2 is 2.15 bits per heavy atom. The number of thiophene rings is 1. The van der Waals surface area contributed by atoms with Gasteiger partial charge in [-0.2, -0.15) is 0 Å². The number of carbonyl (C=O) groups is 1. The molecular weight excluding hydrogens is 366 g/mol. The van der Waals surface area contributed by atoms with Gasteiger partial charge in [-0.25, -0.2) is 4.79 Å². The molecule has 27 heavy (non-hydrogen) atoms. The molecule has 0 saturated carbocycles. The van der Waals surface area contributed by atoms with Crippen molar-refractivity contribution in [2.24, 2.45) is 5.92 Å². The monoisotopic (exact) mass is 387 g/mol. The second-order valence-electron chi connectivity index (χ2n) is 7.06. The highest BCUT2D eigenvalue weighted by atomic mass is 32.1. The third-order valence-corrected chi connectivity index (χ3v) is 5.93. The number of aromatic nitrogens is 2. The van der Waals surface area contributed by atoms with Crippen molar-refractivity contribution >= 4 is 27.5 Å². The molecule has 4 rings (SSSR count). The minimum Gasteiger partial charge on any atom is -0.467 e. The molecule has 8 heteroatoms. The van der Waals surface area contributed by atoms with Gasteiger partial charge in [-0.15, -0.1) is 11.3 Å². The lowest BCUT2D eigenvalue weighted by atomic mass is 10.0. The van der Waals surface area contributed by atoms with Crippen molar-refractivity contribution in [3.8, 4) is 0 Å². The average molecular weight is 387 g/mol. The number of nitrogens with zero attached hydrogens (tertiary/aromatic N) is 3. The zero-order chi connectivity index (χ0) is 19.0. The Morgan fingerprint density at radius 1 is 1.30 bits per heavy atom. The zero-order valence-corrected chi connectivity index (χ0v) is 15.9.